The van der Waals surface area contributed by atoms with Gasteiger partial charge in [0.2, 0.25) is 0 Å². The normalized spacial score (nSPS) is 22.5. The minimum atomic E-state index is -1.02. The lowest BCUT2D eigenvalue weighted by Crippen LogP contribution is -2.39. The van der Waals surface area contributed by atoms with Gasteiger partial charge in [0.25, 0.3) is 0 Å². The van der Waals surface area contributed by atoms with Crippen LogP contribution in [-0.2, 0) is 29.0 Å². The van der Waals surface area contributed by atoms with E-state index in [4.69, 9.17) is 9.47 Å². The summed E-state index contributed by atoms with van der Waals surface area (Å²) in [6.45, 7) is 4.55. The van der Waals surface area contributed by atoms with Crippen LogP contribution in [0.15, 0.2) is 60.7 Å². The molecular formula is C31H36O10. The maximum Gasteiger partial charge on any atom is 0.550 e. The van der Waals surface area contributed by atoms with E-state index in [9.17, 15) is 19.2 Å². The predicted octanol–water partition coefficient (Wildman–Crippen LogP) is 6.98. The van der Waals surface area contributed by atoms with Crippen molar-refractivity contribution in [2.24, 2.45) is 17.3 Å². The van der Waals surface area contributed by atoms with Gasteiger partial charge in [-0.05, 0) is 92.9 Å². The molecular weight excluding hydrogens is 532 g/mol. The molecule has 10 heteroatoms. The molecule has 2 saturated carbocycles. The zero-order valence-electron chi connectivity index (χ0n) is 23.3. The van der Waals surface area contributed by atoms with E-state index in [0.717, 1.165) is 25.7 Å². The molecule has 0 bridgehead atoms. The monoisotopic (exact) mass is 568 g/mol. The van der Waals surface area contributed by atoms with Crippen LogP contribution in [0, 0.1) is 17.3 Å². The topological polar surface area (TPSA) is 124 Å². The highest BCUT2D eigenvalue weighted by atomic mass is 17.2. The Bertz CT molecular complexity index is 1070. The van der Waals surface area contributed by atoms with Crippen LogP contribution in [0.3, 0.4) is 0 Å². The molecule has 0 N–H and O–H groups in total. The SMILES string of the molecule is CC(C)(C1CCC(OC(=O)OOC(=O)c2ccccc2)CC1)C1CCC(OC(=O)OOC(=O)c2ccccc2)CC1. The van der Waals surface area contributed by atoms with Gasteiger partial charge in [0.05, 0.1) is 11.1 Å². The van der Waals surface area contributed by atoms with E-state index in [-0.39, 0.29) is 28.7 Å². The van der Waals surface area contributed by atoms with Crippen LogP contribution in [0.1, 0.15) is 85.9 Å². The molecule has 2 aromatic carbocycles. The standard InChI is InChI=1S/C31H36O10/c1-31(2,23-13-17-25(18-14-23)36-29(34)40-38-27(32)21-9-5-3-6-10-21)24-15-19-26(20-16-24)37-30(35)41-39-28(33)22-11-7-4-8-12-22/h3-12,23-26H,13-20H2,1-2H3. The fraction of sp³-hybridized carbons (Fsp3) is 0.484. The van der Waals surface area contributed by atoms with Gasteiger partial charge in [-0.1, -0.05) is 50.2 Å². The quantitative estimate of drug-likeness (QED) is 0.205. The number of hydrogen-bond donors (Lipinski definition) is 0. The highest BCUT2D eigenvalue weighted by Crippen LogP contribution is 2.49. The first-order valence-corrected chi connectivity index (χ1v) is 14.0. The number of ether oxygens (including phenoxy) is 2. The molecule has 2 fully saturated rings. The van der Waals surface area contributed by atoms with Gasteiger partial charge in [0.1, 0.15) is 12.2 Å². The van der Waals surface area contributed by atoms with E-state index in [1.54, 1.807) is 60.7 Å². The zero-order valence-corrected chi connectivity index (χ0v) is 23.3. The number of carbonyl (C=O) groups is 4. The largest absolute Gasteiger partial charge is 0.550 e. The van der Waals surface area contributed by atoms with Crippen molar-refractivity contribution in [1.82, 2.24) is 0 Å². The van der Waals surface area contributed by atoms with Gasteiger partial charge in [-0.15, -0.1) is 0 Å². The second-order valence-corrected chi connectivity index (χ2v) is 11.1. The first kappa shape index (κ1) is 29.9. The molecule has 0 amide bonds. The molecule has 0 radical (unpaired) electrons. The minimum absolute atomic E-state index is 0.0490. The van der Waals surface area contributed by atoms with Crippen LogP contribution >= 0.6 is 0 Å². The van der Waals surface area contributed by atoms with Crippen molar-refractivity contribution in [3.8, 4) is 0 Å². The fourth-order valence-electron chi connectivity index (χ4n) is 5.88. The minimum Gasteiger partial charge on any atom is -0.428 e. The lowest BCUT2D eigenvalue weighted by molar-refractivity contribution is -0.209. The molecule has 0 spiro atoms. The van der Waals surface area contributed by atoms with Gasteiger partial charge in [-0.3, -0.25) is 0 Å². The molecule has 0 heterocycles. The fourth-order valence-corrected chi connectivity index (χ4v) is 5.88. The van der Waals surface area contributed by atoms with Crippen LogP contribution in [-0.4, -0.2) is 36.5 Å². The van der Waals surface area contributed by atoms with E-state index in [1.165, 1.54) is 0 Å². The van der Waals surface area contributed by atoms with Crippen LogP contribution < -0.4 is 0 Å². The Morgan fingerprint density at radius 3 is 1.22 bits per heavy atom. The van der Waals surface area contributed by atoms with Gasteiger partial charge >= 0.3 is 24.2 Å². The highest BCUT2D eigenvalue weighted by Gasteiger charge is 2.41. The predicted molar refractivity (Wildman–Crippen MR) is 144 cm³/mol. The Balaban J connectivity index is 1.13. The van der Waals surface area contributed by atoms with Crippen LogP contribution in [0.4, 0.5) is 9.59 Å². The van der Waals surface area contributed by atoms with Crippen molar-refractivity contribution in [1.29, 1.82) is 0 Å². The Hall–Kier alpha value is -4.08. The molecule has 0 aliphatic heterocycles. The summed E-state index contributed by atoms with van der Waals surface area (Å²) in [4.78, 5) is 66.2. The molecule has 0 atom stereocenters. The molecule has 2 aliphatic carbocycles. The van der Waals surface area contributed by atoms with Crippen LogP contribution in [0.25, 0.3) is 0 Å². The summed E-state index contributed by atoms with van der Waals surface area (Å²) < 4.78 is 10.7. The number of benzene rings is 2. The highest BCUT2D eigenvalue weighted by molar-refractivity contribution is 5.89. The Morgan fingerprint density at radius 1 is 0.537 bits per heavy atom. The van der Waals surface area contributed by atoms with Crippen molar-refractivity contribution in [3.05, 3.63) is 71.8 Å². The third-order valence-electron chi connectivity index (χ3n) is 8.37. The molecule has 2 aliphatic rings. The second kappa shape index (κ2) is 14.0. The van der Waals surface area contributed by atoms with Crippen molar-refractivity contribution in [2.45, 2.75) is 77.4 Å². The van der Waals surface area contributed by atoms with Gasteiger partial charge in [-0.2, -0.15) is 9.59 Å². The van der Waals surface area contributed by atoms with Crippen molar-refractivity contribution in [2.75, 3.05) is 0 Å². The maximum absolute atomic E-state index is 12.0. The molecule has 41 heavy (non-hydrogen) atoms. The van der Waals surface area contributed by atoms with Crippen molar-refractivity contribution >= 4 is 24.2 Å². The molecule has 220 valence electrons. The van der Waals surface area contributed by atoms with E-state index >= 15 is 0 Å². The number of rotatable bonds is 6. The third kappa shape index (κ3) is 8.45. The molecule has 2 aromatic rings. The summed E-state index contributed by atoms with van der Waals surface area (Å²) in [6.07, 6.45) is 3.72. The molecule has 10 nitrogen and oxygen atoms in total. The maximum atomic E-state index is 12.0. The van der Waals surface area contributed by atoms with Gasteiger partial charge in [0.15, 0.2) is 0 Å². The Morgan fingerprint density at radius 2 is 0.878 bits per heavy atom. The Kier molecular flexibility index (Phi) is 10.2. The summed E-state index contributed by atoms with van der Waals surface area (Å²) in [7, 11) is 0. The summed E-state index contributed by atoms with van der Waals surface area (Å²) >= 11 is 0. The van der Waals surface area contributed by atoms with E-state index < -0.39 is 24.2 Å². The third-order valence-corrected chi connectivity index (χ3v) is 8.37. The molecule has 4 rings (SSSR count). The smallest absolute Gasteiger partial charge is 0.428 e. The van der Waals surface area contributed by atoms with Crippen LogP contribution in [0.2, 0.25) is 0 Å². The lowest BCUT2D eigenvalue weighted by atomic mass is 9.60. The van der Waals surface area contributed by atoms with Crippen LogP contribution in [0.5, 0.6) is 0 Å². The van der Waals surface area contributed by atoms with Gasteiger partial charge in [0, 0.05) is 0 Å². The average molecular weight is 569 g/mol. The van der Waals surface area contributed by atoms with E-state index in [0.29, 0.717) is 37.5 Å². The number of carbonyl (C=O) groups excluding carboxylic acids is 4. The van der Waals surface area contributed by atoms with Gasteiger partial charge in [-0.25, -0.2) is 29.1 Å². The van der Waals surface area contributed by atoms with Crippen molar-refractivity contribution in [3.63, 3.8) is 0 Å². The summed E-state index contributed by atoms with van der Waals surface area (Å²) in [5.74, 6) is -0.647. The average Bonchev–Trinajstić information content (AvgIpc) is 3.00. The lowest BCUT2D eigenvalue weighted by Gasteiger charge is -2.46. The zero-order chi connectivity index (χ0) is 29.2. The summed E-state index contributed by atoms with van der Waals surface area (Å²) in [5.41, 5.74) is 0.591. The van der Waals surface area contributed by atoms with Gasteiger partial charge < -0.3 is 9.47 Å². The van der Waals surface area contributed by atoms with Crippen molar-refractivity contribution < 1.29 is 48.2 Å². The number of hydrogen-bond acceptors (Lipinski definition) is 10. The molecule has 0 unspecified atom stereocenters. The molecule has 0 aromatic heterocycles. The van der Waals surface area contributed by atoms with E-state index in [1.807, 2.05) is 0 Å². The first-order chi connectivity index (χ1) is 19.7. The first-order valence-electron chi connectivity index (χ1n) is 14.0. The second-order valence-electron chi connectivity index (χ2n) is 11.1. The van der Waals surface area contributed by atoms with E-state index in [2.05, 4.69) is 33.4 Å². The summed E-state index contributed by atoms with van der Waals surface area (Å²) in [6, 6.07) is 16.5. The summed E-state index contributed by atoms with van der Waals surface area (Å²) in [5, 5.41) is 0. The Labute approximate surface area is 239 Å². The molecule has 0 saturated heterocycles.